The van der Waals surface area contributed by atoms with Crippen molar-refractivity contribution in [3.8, 4) is 67.3 Å². The number of nitrogens with zero attached hydrogens (tertiary/aromatic N) is 2. The van der Waals surface area contributed by atoms with Crippen LogP contribution in [0.1, 0.15) is 22.3 Å². The summed E-state index contributed by atoms with van der Waals surface area (Å²) >= 11 is 0. The highest BCUT2D eigenvalue weighted by Crippen LogP contribution is 2.62. The Balaban J connectivity index is 1.18. The van der Waals surface area contributed by atoms with Gasteiger partial charge in [-0.1, -0.05) is 170 Å². The summed E-state index contributed by atoms with van der Waals surface area (Å²) in [5, 5.41) is 0. The molecule has 0 bridgehead atoms. The van der Waals surface area contributed by atoms with Gasteiger partial charge in [0.1, 0.15) is 0 Å². The molecule has 2 nitrogen and oxygen atoms in total. The van der Waals surface area contributed by atoms with E-state index in [0.29, 0.717) is 0 Å². The van der Waals surface area contributed by atoms with Crippen LogP contribution in [0.4, 0.5) is 0 Å². The molecule has 1 aromatic heterocycles. The van der Waals surface area contributed by atoms with E-state index < -0.39 is 5.41 Å². The highest BCUT2D eigenvalue weighted by Gasteiger charge is 2.51. The molecule has 2 heteroatoms. The normalized spacial score (nSPS) is 13.1. The molecule has 228 valence electrons. The van der Waals surface area contributed by atoms with Crippen LogP contribution in [0.5, 0.6) is 0 Å². The first-order chi connectivity index (χ1) is 24.3. The number of rotatable bonds is 4. The van der Waals surface area contributed by atoms with Crippen molar-refractivity contribution in [1.82, 2.24) is 9.97 Å². The Kier molecular flexibility index (Phi) is 6.13. The minimum absolute atomic E-state index is 0.414. The quantitative estimate of drug-likeness (QED) is 0.195. The predicted octanol–water partition coefficient (Wildman–Crippen LogP) is 11.5. The average molecular weight is 623 g/mol. The van der Waals surface area contributed by atoms with Gasteiger partial charge in [-0.15, -0.1) is 0 Å². The molecule has 0 saturated carbocycles. The first-order valence-electron chi connectivity index (χ1n) is 16.8. The third-order valence-electron chi connectivity index (χ3n) is 10.3. The van der Waals surface area contributed by atoms with Crippen LogP contribution >= 0.6 is 0 Å². The van der Waals surface area contributed by atoms with Crippen molar-refractivity contribution in [3.63, 3.8) is 0 Å². The third kappa shape index (κ3) is 4.14. The van der Waals surface area contributed by atoms with Gasteiger partial charge < -0.3 is 0 Å². The van der Waals surface area contributed by atoms with Crippen LogP contribution in [0, 0.1) is 0 Å². The minimum Gasteiger partial charge on any atom is -0.228 e. The van der Waals surface area contributed by atoms with Crippen molar-refractivity contribution < 1.29 is 0 Å². The summed E-state index contributed by atoms with van der Waals surface area (Å²) in [6, 6.07) is 65.4. The Hall–Kier alpha value is -6.38. The number of hydrogen-bond donors (Lipinski definition) is 0. The fourth-order valence-corrected chi connectivity index (χ4v) is 8.18. The van der Waals surface area contributed by atoms with Gasteiger partial charge in [0, 0.05) is 16.7 Å². The average Bonchev–Trinajstić information content (AvgIpc) is 3.66. The maximum atomic E-state index is 5.27. The molecule has 0 radical (unpaired) electrons. The van der Waals surface area contributed by atoms with Crippen molar-refractivity contribution in [2.45, 2.75) is 5.41 Å². The number of benzene rings is 7. The van der Waals surface area contributed by atoms with Crippen LogP contribution in [0.25, 0.3) is 67.3 Å². The van der Waals surface area contributed by atoms with Gasteiger partial charge in [0.25, 0.3) is 0 Å². The number of hydrogen-bond acceptors (Lipinski definition) is 2. The second-order valence-corrected chi connectivity index (χ2v) is 12.9. The minimum atomic E-state index is -0.414. The molecule has 0 atom stereocenters. The van der Waals surface area contributed by atoms with E-state index in [4.69, 9.17) is 9.97 Å². The Bertz CT molecular complexity index is 2470. The maximum Gasteiger partial charge on any atom is 0.160 e. The molecule has 2 aliphatic carbocycles. The zero-order chi connectivity index (χ0) is 32.4. The number of fused-ring (bicyclic) bond motifs is 10. The van der Waals surface area contributed by atoms with Crippen molar-refractivity contribution in [2.24, 2.45) is 0 Å². The van der Waals surface area contributed by atoms with Gasteiger partial charge in [-0.25, -0.2) is 9.97 Å². The first-order valence-corrected chi connectivity index (χ1v) is 16.8. The molecule has 1 heterocycles. The molecule has 49 heavy (non-hydrogen) atoms. The molecule has 8 aromatic rings. The van der Waals surface area contributed by atoms with Crippen LogP contribution in [0.3, 0.4) is 0 Å². The monoisotopic (exact) mass is 622 g/mol. The summed E-state index contributed by atoms with van der Waals surface area (Å²) in [5.74, 6) is 0.719. The van der Waals surface area contributed by atoms with E-state index in [0.717, 1.165) is 33.9 Å². The van der Waals surface area contributed by atoms with Crippen LogP contribution in [-0.4, -0.2) is 9.97 Å². The Morgan fingerprint density at radius 3 is 1.22 bits per heavy atom. The van der Waals surface area contributed by atoms with Crippen molar-refractivity contribution in [3.05, 3.63) is 204 Å². The molecule has 0 amide bonds. The molecule has 0 saturated heterocycles. The first kappa shape index (κ1) is 27.7. The van der Waals surface area contributed by atoms with E-state index >= 15 is 0 Å². The van der Waals surface area contributed by atoms with Gasteiger partial charge in [-0.3, -0.25) is 0 Å². The summed E-state index contributed by atoms with van der Waals surface area (Å²) in [5.41, 5.74) is 17.3. The summed E-state index contributed by atoms with van der Waals surface area (Å²) in [6.07, 6.45) is 0. The standard InChI is InChI=1S/C47H30N2/c1-3-13-31(14-4-1)32-23-25-34(26-24-32)45-30-44(33-15-5-2-6-16-33)48-46(49-45)35-27-28-39-38-19-9-12-22-42(38)47(43(39)29-35)40-20-10-7-17-36(40)37-18-8-11-21-41(37)47/h1-30H. The van der Waals surface area contributed by atoms with Crippen molar-refractivity contribution in [1.29, 1.82) is 0 Å². The lowest BCUT2D eigenvalue weighted by molar-refractivity contribution is 0.794. The van der Waals surface area contributed by atoms with Gasteiger partial charge in [0.05, 0.1) is 16.8 Å². The molecule has 7 aromatic carbocycles. The summed E-state index contributed by atoms with van der Waals surface area (Å²) in [6.45, 7) is 0. The van der Waals surface area contributed by atoms with Crippen LogP contribution in [0.15, 0.2) is 182 Å². The molecule has 1 spiro atoms. The smallest absolute Gasteiger partial charge is 0.160 e. The fraction of sp³-hybridized carbons (Fsp3) is 0.0213. The lowest BCUT2D eigenvalue weighted by atomic mass is 9.70. The van der Waals surface area contributed by atoms with Gasteiger partial charge in [-0.2, -0.15) is 0 Å². The Morgan fingerprint density at radius 1 is 0.286 bits per heavy atom. The second-order valence-electron chi connectivity index (χ2n) is 12.9. The zero-order valence-electron chi connectivity index (χ0n) is 26.7. The van der Waals surface area contributed by atoms with Crippen LogP contribution in [0.2, 0.25) is 0 Å². The zero-order valence-corrected chi connectivity index (χ0v) is 26.7. The molecule has 0 N–H and O–H groups in total. The Labute approximate surface area is 286 Å². The van der Waals surface area contributed by atoms with Gasteiger partial charge in [-0.05, 0) is 67.8 Å². The van der Waals surface area contributed by atoms with E-state index in [-0.39, 0.29) is 0 Å². The lowest BCUT2D eigenvalue weighted by Gasteiger charge is -2.30. The molecule has 0 unspecified atom stereocenters. The van der Waals surface area contributed by atoms with E-state index in [9.17, 15) is 0 Å². The lowest BCUT2D eigenvalue weighted by Crippen LogP contribution is -2.25. The largest absolute Gasteiger partial charge is 0.228 e. The van der Waals surface area contributed by atoms with Crippen LogP contribution < -0.4 is 0 Å². The molecule has 0 fully saturated rings. The highest BCUT2D eigenvalue weighted by molar-refractivity contribution is 5.95. The molecule has 0 aliphatic heterocycles. The molecular weight excluding hydrogens is 593 g/mol. The SMILES string of the molecule is c1ccc(-c2ccc(-c3cc(-c4ccccc4)nc(-c4ccc5c(c4)C4(c6ccccc6-c6ccccc64)c4ccccc4-5)n3)cc2)cc1. The van der Waals surface area contributed by atoms with Gasteiger partial charge in [0.15, 0.2) is 5.82 Å². The molecular formula is C47H30N2. The van der Waals surface area contributed by atoms with Crippen molar-refractivity contribution in [2.75, 3.05) is 0 Å². The second kappa shape index (κ2) is 10.8. The Morgan fingerprint density at radius 2 is 0.673 bits per heavy atom. The highest BCUT2D eigenvalue weighted by atomic mass is 14.9. The predicted molar refractivity (Wildman–Crippen MR) is 200 cm³/mol. The topological polar surface area (TPSA) is 25.8 Å². The molecule has 10 rings (SSSR count). The summed E-state index contributed by atoms with van der Waals surface area (Å²) < 4.78 is 0. The van der Waals surface area contributed by atoms with E-state index in [1.165, 1.54) is 55.6 Å². The third-order valence-corrected chi connectivity index (χ3v) is 10.3. The maximum absolute atomic E-state index is 5.27. The van der Waals surface area contributed by atoms with Gasteiger partial charge >= 0.3 is 0 Å². The van der Waals surface area contributed by atoms with Gasteiger partial charge in [0.2, 0.25) is 0 Å². The number of aromatic nitrogens is 2. The van der Waals surface area contributed by atoms with E-state index in [1.807, 2.05) is 6.07 Å². The molecule has 2 aliphatic rings. The summed E-state index contributed by atoms with van der Waals surface area (Å²) in [7, 11) is 0. The van der Waals surface area contributed by atoms with Crippen molar-refractivity contribution >= 4 is 0 Å². The van der Waals surface area contributed by atoms with Crippen LogP contribution in [-0.2, 0) is 5.41 Å². The fourth-order valence-electron chi connectivity index (χ4n) is 8.18. The van der Waals surface area contributed by atoms with E-state index in [1.54, 1.807) is 0 Å². The van der Waals surface area contributed by atoms with E-state index in [2.05, 4.69) is 176 Å². The summed E-state index contributed by atoms with van der Waals surface area (Å²) in [4.78, 5) is 10.5.